The molecule has 20 heavy (non-hydrogen) atoms. The second kappa shape index (κ2) is 5.96. The van der Waals surface area contributed by atoms with Crippen LogP contribution in [0.3, 0.4) is 0 Å². The van der Waals surface area contributed by atoms with E-state index in [1.165, 1.54) is 12.0 Å². The number of rotatable bonds is 4. The second-order valence-corrected chi connectivity index (χ2v) is 6.70. The van der Waals surface area contributed by atoms with Crippen molar-refractivity contribution in [2.24, 2.45) is 5.73 Å². The summed E-state index contributed by atoms with van der Waals surface area (Å²) in [5.74, 6) is 0.126. The molecule has 0 saturated heterocycles. The zero-order valence-corrected chi connectivity index (χ0v) is 12.9. The summed E-state index contributed by atoms with van der Waals surface area (Å²) in [6, 6.07) is 8.42. The lowest BCUT2D eigenvalue weighted by atomic mass is 9.86. The maximum atomic E-state index is 12.6. The molecule has 1 amide bonds. The van der Waals surface area contributed by atoms with Crippen LogP contribution in [-0.2, 0) is 5.41 Å². The molecule has 0 atom stereocenters. The first kappa shape index (κ1) is 15.0. The van der Waals surface area contributed by atoms with Crippen molar-refractivity contribution in [3.63, 3.8) is 0 Å². The first-order chi connectivity index (χ1) is 9.43. The van der Waals surface area contributed by atoms with Gasteiger partial charge in [-0.1, -0.05) is 32.9 Å². The number of benzene rings is 1. The van der Waals surface area contributed by atoms with E-state index in [-0.39, 0.29) is 11.3 Å². The van der Waals surface area contributed by atoms with Gasteiger partial charge in [0.05, 0.1) is 0 Å². The van der Waals surface area contributed by atoms with E-state index in [2.05, 4.69) is 32.9 Å². The van der Waals surface area contributed by atoms with E-state index in [0.29, 0.717) is 19.1 Å². The van der Waals surface area contributed by atoms with Gasteiger partial charge in [0.2, 0.25) is 0 Å². The van der Waals surface area contributed by atoms with Gasteiger partial charge in [-0.25, -0.2) is 0 Å². The van der Waals surface area contributed by atoms with Gasteiger partial charge in [-0.2, -0.15) is 0 Å². The largest absolute Gasteiger partial charge is 0.334 e. The highest BCUT2D eigenvalue weighted by Gasteiger charge is 2.28. The second-order valence-electron chi connectivity index (χ2n) is 6.70. The van der Waals surface area contributed by atoms with Crippen LogP contribution in [0.15, 0.2) is 24.3 Å². The van der Waals surface area contributed by atoms with Gasteiger partial charge in [0.1, 0.15) is 0 Å². The summed E-state index contributed by atoms with van der Waals surface area (Å²) in [6.45, 7) is 7.73. The summed E-state index contributed by atoms with van der Waals surface area (Å²) >= 11 is 0. The lowest BCUT2D eigenvalue weighted by Gasteiger charge is -2.37. The predicted molar refractivity (Wildman–Crippen MR) is 82.9 cm³/mol. The van der Waals surface area contributed by atoms with Gasteiger partial charge in [-0.3, -0.25) is 4.79 Å². The van der Waals surface area contributed by atoms with Gasteiger partial charge < -0.3 is 10.6 Å². The maximum Gasteiger partial charge on any atom is 0.254 e. The van der Waals surface area contributed by atoms with Crippen molar-refractivity contribution < 1.29 is 4.79 Å². The van der Waals surface area contributed by atoms with Crippen LogP contribution in [0.2, 0.25) is 0 Å². The monoisotopic (exact) mass is 274 g/mol. The normalized spacial score (nSPS) is 15.8. The fourth-order valence-corrected chi connectivity index (χ4v) is 2.57. The molecule has 0 unspecified atom stereocenters. The highest BCUT2D eigenvalue weighted by Crippen LogP contribution is 2.27. The van der Waals surface area contributed by atoms with E-state index in [4.69, 9.17) is 5.73 Å². The summed E-state index contributed by atoms with van der Waals surface area (Å²) in [5.41, 5.74) is 7.80. The molecule has 2 N–H and O–H groups in total. The van der Waals surface area contributed by atoms with E-state index < -0.39 is 0 Å². The minimum absolute atomic E-state index is 0.118. The Hall–Kier alpha value is -1.35. The highest BCUT2D eigenvalue weighted by atomic mass is 16.2. The lowest BCUT2D eigenvalue weighted by molar-refractivity contribution is 0.0588. The highest BCUT2D eigenvalue weighted by molar-refractivity contribution is 5.94. The van der Waals surface area contributed by atoms with Crippen LogP contribution in [0.5, 0.6) is 0 Å². The van der Waals surface area contributed by atoms with E-state index in [1.54, 1.807) is 0 Å². The fourth-order valence-electron chi connectivity index (χ4n) is 2.57. The molecule has 0 spiro atoms. The summed E-state index contributed by atoms with van der Waals surface area (Å²) in [7, 11) is 0. The van der Waals surface area contributed by atoms with Crippen molar-refractivity contribution in [3.8, 4) is 0 Å². The van der Waals surface area contributed by atoms with Gasteiger partial charge >= 0.3 is 0 Å². The fraction of sp³-hybridized carbons (Fsp3) is 0.588. The number of amides is 1. The average Bonchev–Trinajstić information content (AvgIpc) is 2.34. The molecule has 1 aliphatic carbocycles. The van der Waals surface area contributed by atoms with Crippen molar-refractivity contribution in [3.05, 3.63) is 35.4 Å². The van der Waals surface area contributed by atoms with E-state index in [9.17, 15) is 4.79 Å². The molecule has 3 nitrogen and oxygen atoms in total. The maximum absolute atomic E-state index is 12.6. The molecule has 1 aliphatic rings. The van der Waals surface area contributed by atoms with Crippen molar-refractivity contribution >= 4 is 5.91 Å². The topological polar surface area (TPSA) is 46.3 Å². The number of hydrogen-bond acceptors (Lipinski definition) is 2. The zero-order chi connectivity index (χ0) is 14.8. The first-order valence-corrected chi connectivity index (χ1v) is 7.55. The van der Waals surface area contributed by atoms with Crippen LogP contribution in [0.25, 0.3) is 0 Å². The average molecular weight is 274 g/mol. The van der Waals surface area contributed by atoms with Gasteiger partial charge in [-0.05, 0) is 42.4 Å². The molecule has 1 saturated carbocycles. The van der Waals surface area contributed by atoms with E-state index >= 15 is 0 Å². The van der Waals surface area contributed by atoms with Crippen LogP contribution in [0.4, 0.5) is 0 Å². The number of nitrogens with zero attached hydrogens (tertiary/aromatic N) is 1. The molecule has 1 aromatic carbocycles. The third kappa shape index (κ3) is 3.21. The Morgan fingerprint density at radius 1 is 1.25 bits per heavy atom. The molecule has 1 aromatic rings. The Bertz CT molecular complexity index is 455. The molecule has 0 heterocycles. The van der Waals surface area contributed by atoms with Crippen LogP contribution < -0.4 is 5.73 Å². The minimum Gasteiger partial charge on any atom is -0.334 e. The molecule has 2 rings (SSSR count). The molecule has 0 aromatic heterocycles. The smallest absolute Gasteiger partial charge is 0.254 e. The van der Waals surface area contributed by atoms with Crippen LogP contribution >= 0.6 is 0 Å². The van der Waals surface area contributed by atoms with Gasteiger partial charge in [-0.15, -0.1) is 0 Å². The van der Waals surface area contributed by atoms with Gasteiger partial charge in [0.15, 0.2) is 0 Å². The van der Waals surface area contributed by atoms with E-state index in [1.807, 2.05) is 17.0 Å². The minimum atomic E-state index is 0.118. The quantitative estimate of drug-likeness (QED) is 0.917. The van der Waals surface area contributed by atoms with Gasteiger partial charge in [0.25, 0.3) is 5.91 Å². The number of hydrogen-bond donors (Lipinski definition) is 1. The molecule has 0 aliphatic heterocycles. The Kier molecular flexibility index (Phi) is 4.48. The number of carbonyl (C=O) groups is 1. The molecule has 0 bridgehead atoms. The summed E-state index contributed by atoms with van der Waals surface area (Å²) in [5, 5.41) is 0. The van der Waals surface area contributed by atoms with Crippen molar-refractivity contribution in [1.82, 2.24) is 4.90 Å². The SMILES string of the molecule is CC(C)(C)c1ccc(C(=O)N(CCN)C2CCC2)cc1. The summed E-state index contributed by atoms with van der Waals surface area (Å²) < 4.78 is 0. The molecule has 110 valence electrons. The van der Waals surface area contributed by atoms with Crippen LogP contribution in [-0.4, -0.2) is 29.9 Å². The third-order valence-electron chi connectivity index (χ3n) is 4.14. The number of nitrogens with two attached hydrogens (primary N) is 1. The molecule has 0 radical (unpaired) electrons. The van der Waals surface area contributed by atoms with Crippen molar-refractivity contribution in [2.75, 3.05) is 13.1 Å². The van der Waals surface area contributed by atoms with Crippen LogP contribution in [0.1, 0.15) is 56.0 Å². The molecule has 3 heteroatoms. The Balaban J connectivity index is 2.14. The molecule has 1 fully saturated rings. The van der Waals surface area contributed by atoms with Crippen molar-refractivity contribution in [1.29, 1.82) is 0 Å². The first-order valence-electron chi connectivity index (χ1n) is 7.55. The third-order valence-corrected chi connectivity index (χ3v) is 4.14. The number of carbonyl (C=O) groups excluding carboxylic acids is 1. The zero-order valence-electron chi connectivity index (χ0n) is 12.9. The van der Waals surface area contributed by atoms with E-state index in [0.717, 1.165) is 18.4 Å². The van der Waals surface area contributed by atoms with Crippen molar-refractivity contribution in [2.45, 2.75) is 51.5 Å². The molecular weight excluding hydrogens is 248 g/mol. The Morgan fingerprint density at radius 3 is 2.25 bits per heavy atom. The predicted octanol–water partition coefficient (Wildman–Crippen LogP) is 2.94. The standard InChI is InChI=1S/C17H26N2O/c1-17(2,3)14-9-7-13(8-10-14)16(20)19(12-11-18)15-5-4-6-15/h7-10,15H,4-6,11-12,18H2,1-3H3. The summed E-state index contributed by atoms with van der Waals surface area (Å²) in [6.07, 6.45) is 3.46. The lowest BCUT2D eigenvalue weighted by Crippen LogP contribution is -2.46. The summed E-state index contributed by atoms with van der Waals surface area (Å²) in [4.78, 5) is 14.6. The Labute approximate surface area is 122 Å². The molecular formula is C17H26N2O. The van der Waals surface area contributed by atoms with Gasteiger partial charge in [0, 0.05) is 24.7 Å². The van der Waals surface area contributed by atoms with Crippen LogP contribution in [0, 0.1) is 0 Å². The Morgan fingerprint density at radius 2 is 1.85 bits per heavy atom.